The van der Waals surface area contributed by atoms with Crippen molar-refractivity contribution in [3.8, 4) is 0 Å². The zero-order chi connectivity index (χ0) is 15.2. The fourth-order valence-electron chi connectivity index (χ4n) is 2.09. The SMILES string of the molecule is O=C(/C=C/c1cccs1)Nc1cc(N2CCOCC2)ncn1. The van der Waals surface area contributed by atoms with E-state index < -0.39 is 0 Å². The Morgan fingerprint density at radius 1 is 1.36 bits per heavy atom. The molecule has 1 N–H and O–H groups in total. The van der Waals surface area contributed by atoms with Crippen LogP contribution in [0.5, 0.6) is 0 Å². The first-order valence-electron chi connectivity index (χ1n) is 6.98. The van der Waals surface area contributed by atoms with Gasteiger partial charge < -0.3 is 15.0 Å². The Morgan fingerprint density at radius 3 is 3.00 bits per heavy atom. The van der Waals surface area contributed by atoms with E-state index >= 15 is 0 Å². The van der Waals surface area contributed by atoms with Gasteiger partial charge in [0.2, 0.25) is 5.91 Å². The highest BCUT2D eigenvalue weighted by Crippen LogP contribution is 2.15. The summed E-state index contributed by atoms with van der Waals surface area (Å²) in [6.45, 7) is 2.97. The second kappa shape index (κ2) is 7.15. The van der Waals surface area contributed by atoms with Crippen molar-refractivity contribution >= 4 is 35.0 Å². The average molecular weight is 316 g/mol. The van der Waals surface area contributed by atoms with Crippen LogP contribution in [0.1, 0.15) is 4.88 Å². The van der Waals surface area contributed by atoms with E-state index in [1.54, 1.807) is 23.5 Å². The highest BCUT2D eigenvalue weighted by Gasteiger charge is 2.13. The van der Waals surface area contributed by atoms with Crippen molar-refractivity contribution in [1.82, 2.24) is 9.97 Å². The molecule has 6 nitrogen and oxygen atoms in total. The number of carbonyl (C=O) groups excluding carboxylic acids is 1. The number of ether oxygens (including phenoxy) is 1. The zero-order valence-corrected chi connectivity index (χ0v) is 12.8. The predicted octanol–water partition coefficient (Wildman–Crippen LogP) is 2.03. The van der Waals surface area contributed by atoms with E-state index in [4.69, 9.17) is 4.74 Å². The Bertz CT molecular complexity index is 651. The summed E-state index contributed by atoms with van der Waals surface area (Å²) in [6, 6.07) is 5.68. The number of nitrogens with zero attached hydrogens (tertiary/aromatic N) is 3. The normalized spacial score (nSPS) is 15.2. The van der Waals surface area contributed by atoms with E-state index in [0.29, 0.717) is 19.0 Å². The van der Waals surface area contributed by atoms with Crippen molar-refractivity contribution in [2.24, 2.45) is 0 Å². The van der Waals surface area contributed by atoms with Gasteiger partial charge in [0, 0.05) is 30.1 Å². The van der Waals surface area contributed by atoms with E-state index in [-0.39, 0.29) is 5.91 Å². The number of rotatable bonds is 4. The maximum absolute atomic E-state index is 11.9. The summed E-state index contributed by atoms with van der Waals surface area (Å²) < 4.78 is 5.32. The first-order valence-corrected chi connectivity index (χ1v) is 7.86. The Morgan fingerprint density at radius 2 is 2.23 bits per heavy atom. The van der Waals surface area contributed by atoms with E-state index in [9.17, 15) is 4.79 Å². The van der Waals surface area contributed by atoms with Crippen LogP contribution in [0.25, 0.3) is 6.08 Å². The summed E-state index contributed by atoms with van der Waals surface area (Å²) in [4.78, 5) is 23.4. The topological polar surface area (TPSA) is 67.4 Å². The van der Waals surface area contributed by atoms with Crippen LogP contribution in [0, 0.1) is 0 Å². The molecular weight excluding hydrogens is 300 g/mol. The molecule has 1 amide bonds. The van der Waals surface area contributed by atoms with Gasteiger partial charge in [-0.05, 0) is 17.5 Å². The van der Waals surface area contributed by atoms with Gasteiger partial charge in [0.25, 0.3) is 0 Å². The number of morpholine rings is 1. The number of thiophene rings is 1. The molecule has 0 aromatic carbocycles. The molecule has 22 heavy (non-hydrogen) atoms. The van der Waals surface area contributed by atoms with Crippen molar-refractivity contribution in [3.63, 3.8) is 0 Å². The molecule has 1 saturated heterocycles. The average Bonchev–Trinajstić information content (AvgIpc) is 3.08. The molecule has 0 saturated carbocycles. The zero-order valence-electron chi connectivity index (χ0n) is 11.9. The van der Waals surface area contributed by atoms with E-state index in [0.717, 1.165) is 23.8 Å². The van der Waals surface area contributed by atoms with Gasteiger partial charge in [-0.1, -0.05) is 6.07 Å². The smallest absolute Gasteiger partial charge is 0.249 e. The van der Waals surface area contributed by atoms with Crippen molar-refractivity contribution < 1.29 is 9.53 Å². The Kier molecular flexibility index (Phi) is 4.77. The monoisotopic (exact) mass is 316 g/mol. The molecule has 1 fully saturated rings. The third-order valence-corrected chi connectivity index (χ3v) is 4.02. The van der Waals surface area contributed by atoms with Crippen LogP contribution in [0.3, 0.4) is 0 Å². The first kappa shape index (κ1) is 14.7. The van der Waals surface area contributed by atoms with Crippen LogP contribution in [0.4, 0.5) is 11.6 Å². The molecular formula is C15H16N4O2S. The van der Waals surface area contributed by atoms with Crippen molar-refractivity contribution in [3.05, 3.63) is 40.9 Å². The van der Waals surface area contributed by atoms with Gasteiger partial charge in [0.05, 0.1) is 13.2 Å². The van der Waals surface area contributed by atoms with Crippen molar-refractivity contribution in [2.45, 2.75) is 0 Å². The summed E-state index contributed by atoms with van der Waals surface area (Å²) in [5.74, 6) is 1.09. The molecule has 7 heteroatoms. The minimum Gasteiger partial charge on any atom is -0.378 e. The number of hydrogen-bond donors (Lipinski definition) is 1. The van der Waals surface area contributed by atoms with E-state index in [2.05, 4.69) is 20.2 Å². The van der Waals surface area contributed by atoms with Gasteiger partial charge in [-0.15, -0.1) is 11.3 Å². The third-order valence-electron chi connectivity index (χ3n) is 3.18. The van der Waals surface area contributed by atoms with E-state index in [1.165, 1.54) is 12.4 Å². The van der Waals surface area contributed by atoms with E-state index in [1.807, 2.05) is 17.5 Å². The Labute approximate surface area is 132 Å². The maximum Gasteiger partial charge on any atom is 0.249 e. The number of anilines is 2. The Hall–Kier alpha value is -2.25. The predicted molar refractivity (Wildman–Crippen MR) is 87.0 cm³/mol. The van der Waals surface area contributed by atoms with Gasteiger partial charge >= 0.3 is 0 Å². The summed E-state index contributed by atoms with van der Waals surface area (Å²) in [7, 11) is 0. The molecule has 1 aliphatic rings. The molecule has 2 aromatic heterocycles. The van der Waals surface area contributed by atoms with Gasteiger partial charge in [-0.2, -0.15) is 0 Å². The van der Waals surface area contributed by atoms with Crippen molar-refractivity contribution in [2.75, 3.05) is 36.5 Å². The number of aromatic nitrogens is 2. The van der Waals surface area contributed by atoms with Gasteiger partial charge in [-0.25, -0.2) is 9.97 Å². The minimum atomic E-state index is -0.208. The molecule has 0 spiro atoms. The third kappa shape index (κ3) is 3.90. The lowest BCUT2D eigenvalue weighted by Gasteiger charge is -2.27. The second-order valence-corrected chi connectivity index (χ2v) is 5.68. The molecule has 114 valence electrons. The molecule has 0 radical (unpaired) electrons. The fourth-order valence-corrected chi connectivity index (χ4v) is 2.71. The van der Waals surface area contributed by atoms with Crippen LogP contribution in [0.15, 0.2) is 36.0 Å². The Balaban J connectivity index is 1.63. The lowest BCUT2D eigenvalue weighted by Crippen LogP contribution is -2.36. The molecule has 2 aromatic rings. The largest absolute Gasteiger partial charge is 0.378 e. The van der Waals surface area contributed by atoms with Gasteiger partial charge in [0.1, 0.15) is 18.0 Å². The molecule has 3 heterocycles. The molecule has 0 atom stereocenters. The number of amides is 1. The molecule has 3 rings (SSSR count). The van der Waals surface area contributed by atoms with Crippen LogP contribution in [-0.2, 0) is 9.53 Å². The minimum absolute atomic E-state index is 0.208. The number of nitrogens with one attached hydrogen (secondary N) is 1. The van der Waals surface area contributed by atoms with Crippen molar-refractivity contribution in [1.29, 1.82) is 0 Å². The lowest BCUT2D eigenvalue weighted by molar-refractivity contribution is -0.111. The quantitative estimate of drug-likeness (QED) is 0.874. The summed E-state index contributed by atoms with van der Waals surface area (Å²) in [5, 5.41) is 4.72. The molecule has 0 aliphatic carbocycles. The second-order valence-electron chi connectivity index (χ2n) is 4.70. The maximum atomic E-state index is 11.9. The number of hydrogen-bond acceptors (Lipinski definition) is 6. The fraction of sp³-hybridized carbons (Fsp3) is 0.267. The summed E-state index contributed by atoms with van der Waals surface area (Å²) in [6.07, 6.45) is 4.75. The number of carbonyl (C=O) groups is 1. The molecule has 0 bridgehead atoms. The standard InChI is InChI=1S/C15H16N4O2S/c20-15(4-3-12-2-1-9-22-12)18-13-10-14(17-11-16-13)19-5-7-21-8-6-19/h1-4,9-11H,5-8H2,(H,16,17,18,20)/b4-3+. The first-order chi connectivity index (χ1) is 10.8. The highest BCUT2D eigenvalue weighted by molar-refractivity contribution is 7.10. The summed E-state index contributed by atoms with van der Waals surface area (Å²) in [5.41, 5.74) is 0. The van der Waals surface area contributed by atoms with Crippen LogP contribution in [-0.4, -0.2) is 42.2 Å². The van der Waals surface area contributed by atoms with Crippen LogP contribution in [0.2, 0.25) is 0 Å². The lowest BCUT2D eigenvalue weighted by atomic mass is 10.3. The van der Waals surface area contributed by atoms with Crippen LogP contribution >= 0.6 is 11.3 Å². The molecule has 0 unspecified atom stereocenters. The molecule has 1 aliphatic heterocycles. The summed E-state index contributed by atoms with van der Waals surface area (Å²) >= 11 is 1.58. The van der Waals surface area contributed by atoms with Crippen LogP contribution < -0.4 is 10.2 Å². The van der Waals surface area contributed by atoms with Gasteiger partial charge in [0.15, 0.2) is 0 Å². The van der Waals surface area contributed by atoms with Gasteiger partial charge in [-0.3, -0.25) is 4.79 Å². The highest BCUT2D eigenvalue weighted by atomic mass is 32.1.